The lowest BCUT2D eigenvalue weighted by atomic mass is 9.97. The van der Waals surface area contributed by atoms with Gasteiger partial charge in [0.15, 0.2) is 17.5 Å². The topological polar surface area (TPSA) is 9.23 Å². The van der Waals surface area contributed by atoms with Crippen LogP contribution >= 0.6 is 0 Å². The van der Waals surface area contributed by atoms with E-state index in [-0.39, 0.29) is 23.3 Å². The third-order valence-electron chi connectivity index (χ3n) is 5.78. The van der Waals surface area contributed by atoms with E-state index in [0.717, 1.165) is 11.6 Å². The molecule has 1 nitrogen and oxygen atoms in total. The van der Waals surface area contributed by atoms with Crippen molar-refractivity contribution < 1.29 is 39.9 Å². The van der Waals surface area contributed by atoms with Crippen molar-refractivity contribution in [1.29, 1.82) is 0 Å². The van der Waals surface area contributed by atoms with Gasteiger partial charge in [-0.3, -0.25) is 0 Å². The largest absolute Gasteiger partial charge is 0.432 e. The quantitative estimate of drug-likeness (QED) is 0.134. The van der Waals surface area contributed by atoms with Crippen molar-refractivity contribution in [2.24, 2.45) is 0 Å². The van der Waals surface area contributed by atoms with Crippen LogP contribution in [0.3, 0.4) is 0 Å². The summed E-state index contributed by atoms with van der Waals surface area (Å²) in [6.45, 7) is 3.24. The maximum Gasteiger partial charge on any atom is 0.432 e. The standard InChI is InChI=1S/C33H16F8O/c1-3-4-5-6-20-7-9-21(10-8-20)11-12-22-14-26(34)25(13-19(22)2)23-15-27(35)31(28(36)16-23)33(40,41)42-24-17-29(37)32(39)30(38)18-24/h7-10,13-18H,1-2H3. The molecular weight excluding hydrogens is 564 g/mol. The van der Waals surface area contributed by atoms with E-state index < -0.39 is 57.9 Å². The van der Waals surface area contributed by atoms with Gasteiger partial charge in [-0.05, 0) is 85.3 Å². The molecule has 4 aromatic rings. The minimum atomic E-state index is -4.77. The van der Waals surface area contributed by atoms with E-state index in [2.05, 4.69) is 40.3 Å². The van der Waals surface area contributed by atoms with E-state index in [0.29, 0.717) is 23.3 Å². The summed E-state index contributed by atoms with van der Waals surface area (Å²) in [5.74, 6) is 5.07. The lowest BCUT2D eigenvalue weighted by Gasteiger charge is -2.20. The highest BCUT2D eigenvalue weighted by molar-refractivity contribution is 5.68. The van der Waals surface area contributed by atoms with Gasteiger partial charge in [-0.25, -0.2) is 26.3 Å². The molecular formula is C33H16F8O. The van der Waals surface area contributed by atoms with Crippen LogP contribution < -0.4 is 4.74 Å². The number of hydrogen-bond donors (Lipinski definition) is 0. The van der Waals surface area contributed by atoms with Gasteiger partial charge in [0.1, 0.15) is 28.8 Å². The Bertz CT molecular complexity index is 1830. The van der Waals surface area contributed by atoms with Crippen LogP contribution in [0.15, 0.2) is 60.7 Å². The molecule has 0 atom stereocenters. The number of halogens is 8. The van der Waals surface area contributed by atoms with Gasteiger partial charge in [-0.2, -0.15) is 8.78 Å². The van der Waals surface area contributed by atoms with E-state index in [4.69, 9.17) is 0 Å². The molecule has 0 aromatic heterocycles. The lowest BCUT2D eigenvalue weighted by molar-refractivity contribution is -0.189. The molecule has 42 heavy (non-hydrogen) atoms. The van der Waals surface area contributed by atoms with Gasteiger partial charge in [0, 0.05) is 34.4 Å². The highest BCUT2D eigenvalue weighted by Crippen LogP contribution is 2.38. The van der Waals surface area contributed by atoms with Crippen LogP contribution in [0.5, 0.6) is 5.75 Å². The average Bonchev–Trinajstić information content (AvgIpc) is 2.92. The second-order valence-corrected chi connectivity index (χ2v) is 8.73. The highest BCUT2D eigenvalue weighted by Gasteiger charge is 2.41. The van der Waals surface area contributed by atoms with Crippen LogP contribution in [-0.2, 0) is 6.11 Å². The number of ether oxygens (including phenoxy) is 1. The molecule has 0 heterocycles. The fourth-order valence-corrected chi connectivity index (χ4v) is 3.78. The van der Waals surface area contributed by atoms with Crippen molar-refractivity contribution in [3.8, 4) is 52.4 Å². The maximum atomic E-state index is 15.0. The molecule has 0 amide bonds. The third-order valence-corrected chi connectivity index (χ3v) is 5.78. The predicted octanol–water partition coefficient (Wildman–Crippen LogP) is 8.40. The smallest absolute Gasteiger partial charge is 0.429 e. The molecule has 4 aromatic carbocycles. The number of alkyl halides is 2. The van der Waals surface area contributed by atoms with Gasteiger partial charge < -0.3 is 4.74 Å². The zero-order valence-corrected chi connectivity index (χ0v) is 21.7. The van der Waals surface area contributed by atoms with Crippen molar-refractivity contribution in [3.05, 3.63) is 123 Å². The third kappa shape index (κ3) is 6.57. The minimum absolute atomic E-state index is 0.0904. The van der Waals surface area contributed by atoms with Crippen LogP contribution in [0, 0.1) is 77.3 Å². The van der Waals surface area contributed by atoms with E-state index >= 15 is 4.39 Å². The van der Waals surface area contributed by atoms with Crippen molar-refractivity contribution in [2.75, 3.05) is 0 Å². The number of hydrogen-bond acceptors (Lipinski definition) is 1. The van der Waals surface area contributed by atoms with Crippen molar-refractivity contribution >= 4 is 0 Å². The van der Waals surface area contributed by atoms with E-state index in [1.165, 1.54) is 6.07 Å². The molecule has 9 heteroatoms. The Balaban J connectivity index is 1.61. The van der Waals surface area contributed by atoms with Gasteiger partial charge in [0.25, 0.3) is 0 Å². The zero-order valence-electron chi connectivity index (χ0n) is 21.7. The number of rotatable bonds is 4. The molecule has 0 unspecified atom stereocenters. The molecule has 0 spiro atoms. The first kappa shape index (κ1) is 29.8. The van der Waals surface area contributed by atoms with E-state index in [1.807, 2.05) is 0 Å². The fraction of sp³-hybridized carbons (Fsp3) is 0.0909. The van der Waals surface area contributed by atoms with Gasteiger partial charge in [-0.1, -0.05) is 23.7 Å². The number of aryl methyl sites for hydroxylation is 1. The molecule has 0 N–H and O–H groups in total. The lowest BCUT2D eigenvalue weighted by Crippen LogP contribution is -2.25. The molecule has 0 bridgehead atoms. The van der Waals surface area contributed by atoms with E-state index in [1.54, 1.807) is 38.1 Å². The first-order valence-electron chi connectivity index (χ1n) is 12.0. The summed E-state index contributed by atoms with van der Waals surface area (Å²) in [7, 11) is 0. The Hall–Kier alpha value is -5.20. The van der Waals surface area contributed by atoms with Gasteiger partial charge in [0.05, 0.1) is 0 Å². The Morgan fingerprint density at radius 3 is 1.79 bits per heavy atom. The molecule has 0 aliphatic heterocycles. The summed E-state index contributed by atoms with van der Waals surface area (Å²) in [5.41, 5.74) is -0.567. The monoisotopic (exact) mass is 580 g/mol. The van der Waals surface area contributed by atoms with Crippen LogP contribution in [-0.4, -0.2) is 0 Å². The van der Waals surface area contributed by atoms with Crippen molar-refractivity contribution in [3.63, 3.8) is 0 Å². The van der Waals surface area contributed by atoms with Crippen LogP contribution in [0.4, 0.5) is 35.1 Å². The first-order chi connectivity index (χ1) is 19.9. The SMILES string of the molecule is CC#CC#Cc1ccc(C#Cc2cc(F)c(-c3cc(F)c(C(F)(F)Oc4cc(F)c(F)c(F)c4)c(F)c3)cc2C)cc1. The average molecular weight is 580 g/mol. The summed E-state index contributed by atoms with van der Waals surface area (Å²) >= 11 is 0. The molecule has 210 valence electrons. The predicted molar refractivity (Wildman–Crippen MR) is 140 cm³/mol. The summed E-state index contributed by atoms with van der Waals surface area (Å²) < 4.78 is 118. The Morgan fingerprint density at radius 2 is 1.21 bits per heavy atom. The second kappa shape index (κ2) is 12.1. The molecule has 0 saturated heterocycles. The van der Waals surface area contributed by atoms with Crippen LogP contribution in [0.25, 0.3) is 11.1 Å². The molecule has 0 saturated carbocycles. The summed E-state index contributed by atoms with van der Waals surface area (Å²) in [4.78, 5) is 0. The molecule has 4 rings (SSSR count). The van der Waals surface area contributed by atoms with Gasteiger partial charge in [0.2, 0.25) is 0 Å². The Kier molecular flexibility index (Phi) is 8.59. The van der Waals surface area contributed by atoms with Crippen molar-refractivity contribution in [1.82, 2.24) is 0 Å². The zero-order chi connectivity index (χ0) is 30.6. The Morgan fingerprint density at radius 1 is 0.643 bits per heavy atom. The normalized spacial score (nSPS) is 10.5. The van der Waals surface area contributed by atoms with Crippen molar-refractivity contribution in [2.45, 2.75) is 20.0 Å². The van der Waals surface area contributed by atoms with Gasteiger partial charge in [-0.15, -0.1) is 0 Å². The highest BCUT2D eigenvalue weighted by atomic mass is 19.3. The molecule has 0 fully saturated rings. The number of benzene rings is 4. The Labute approximate surface area is 235 Å². The molecule has 0 aliphatic rings. The maximum absolute atomic E-state index is 15.0. The summed E-state index contributed by atoms with van der Waals surface area (Å²) in [5, 5.41) is 0. The summed E-state index contributed by atoms with van der Waals surface area (Å²) in [6.07, 6.45) is -4.77. The summed E-state index contributed by atoms with van der Waals surface area (Å²) in [6, 6.07) is 10.3. The minimum Gasteiger partial charge on any atom is -0.429 e. The molecule has 0 radical (unpaired) electrons. The first-order valence-corrected chi connectivity index (χ1v) is 12.0. The fourth-order valence-electron chi connectivity index (χ4n) is 3.78. The second-order valence-electron chi connectivity index (χ2n) is 8.73. The molecule has 0 aliphatic carbocycles. The van der Waals surface area contributed by atoms with Crippen LogP contribution in [0.2, 0.25) is 0 Å². The van der Waals surface area contributed by atoms with Crippen LogP contribution in [0.1, 0.15) is 34.7 Å². The van der Waals surface area contributed by atoms with Gasteiger partial charge >= 0.3 is 6.11 Å². The van der Waals surface area contributed by atoms with E-state index in [9.17, 15) is 30.7 Å².